The Labute approximate surface area is 121 Å². The molecule has 1 aromatic carbocycles. The zero-order chi connectivity index (χ0) is 13.9. The second-order valence-corrected chi connectivity index (χ2v) is 5.84. The number of ether oxygens (including phenoxy) is 2. The van der Waals surface area contributed by atoms with Gasteiger partial charge in [0, 0.05) is 24.1 Å². The molecule has 0 saturated carbocycles. The van der Waals surface area contributed by atoms with Crippen LogP contribution in [0.3, 0.4) is 0 Å². The van der Waals surface area contributed by atoms with Crippen molar-refractivity contribution >= 4 is 0 Å². The smallest absolute Gasteiger partial charge is 0.124 e. The third kappa shape index (κ3) is 2.91. The summed E-state index contributed by atoms with van der Waals surface area (Å²) in [6, 6.07) is 7.12. The van der Waals surface area contributed by atoms with Crippen LogP contribution >= 0.6 is 0 Å². The van der Waals surface area contributed by atoms with E-state index in [-0.39, 0.29) is 0 Å². The number of piperidine rings is 1. The summed E-state index contributed by atoms with van der Waals surface area (Å²) in [5.41, 5.74) is 1.24. The molecule has 1 unspecified atom stereocenters. The number of methoxy groups -OCH3 is 1. The maximum Gasteiger partial charge on any atom is 0.124 e. The van der Waals surface area contributed by atoms with E-state index in [1.807, 2.05) is 12.1 Å². The molecular formula is C16H24N2O2. The van der Waals surface area contributed by atoms with E-state index in [0.29, 0.717) is 12.1 Å². The van der Waals surface area contributed by atoms with E-state index >= 15 is 0 Å². The summed E-state index contributed by atoms with van der Waals surface area (Å²) in [4.78, 5) is 2.40. The number of nitrogens with zero attached hydrogens (tertiary/aromatic N) is 1. The highest BCUT2D eigenvalue weighted by Crippen LogP contribution is 2.35. The highest BCUT2D eigenvalue weighted by Gasteiger charge is 2.26. The van der Waals surface area contributed by atoms with Gasteiger partial charge in [-0.05, 0) is 51.2 Å². The minimum atomic E-state index is 0.391. The van der Waals surface area contributed by atoms with Gasteiger partial charge in [-0.2, -0.15) is 0 Å². The van der Waals surface area contributed by atoms with E-state index in [0.717, 1.165) is 24.5 Å². The molecule has 0 amide bonds. The van der Waals surface area contributed by atoms with Gasteiger partial charge in [0.25, 0.3) is 0 Å². The average molecular weight is 276 g/mol. The number of likely N-dealkylation sites (tertiary alicyclic amines) is 1. The molecule has 0 bridgehead atoms. The number of rotatable bonds is 3. The highest BCUT2D eigenvalue weighted by atomic mass is 16.5. The Morgan fingerprint density at radius 3 is 2.80 bits per heavy atom. The number of fused-ring (bicyclic) bond motifs is 1. The van der Waals surface area contributed by atoms with Crippen LogP contribution in [0.2, 0.25) is 0 Å². The Morgan fingerprint density at radius 2 is 2.05 bits per heavy atom. The van der Waals surface area contributed by atoms with Gasteiger partial charge < -0.3 is 19.7 Å². The fourth-order valence-corrected chi connectivity index (χ4v) is 3.13. The lowest BCUT2D eigenvalue weighted by molar-refractivity contribution is 0.199. The molecule has 1 aromatic rings. The van der Waals surface area contributed by atoms with Crippen molar-refractivity contribution in [1.29, 1.82) is 0 Å². The quantitative estimate of drug-likeness (QED) is 0.917. The van der Waals surface area contributed by atoms with Crippen LogP contribution in [0.15, 0.2) is 18.2 Å². The largest absolute Gasteiger partial charge is 0.497 e. The van der Waals surface area contributed by atoms with Gasteiger partial charge in [-0.3, -0.25) is 0 Å². The van der Waals surface area contributed by atoms with E-state index < -0.39 is 0 Å². The maximum absolute atomic E-state index is 5.76. The van der Waals surface area contributed by atoms with Crippen LogP contribution in [-0.2, 0) is 0 Å². The summed E-state index contributed by atoms with van der Waals surface area (Å²) in [5.74, 6) is 1.91. The van der Waals surface area contributed by atoms with Gasteiger partial charge in [0.2, 0.25) is 0 Å². The molecule has 2 aliphatic rings. The molecule has 1 N–H and O–H groups in total. The van der Waals surface area contributed by atoms with Gasteiger partial charge in [0.05, 0.1) is 13.7 Å². The van der Waals surface area contributed by atoms with E-state index in [2.05, 4.69) is 23.3 Å². The van der Waals surface area contributed by atoms with Gasteiger partial charge in [0.15, 0.2) is 0 Å². The van der Waals surface area contributed by atoms with Crippen LogP contribution in [0.4, 0.5) is 0 Å². The minimum Gasteiger partial charge on any atom is -0.497 e. The van der Waals surface area contributed by atoms with Gasteiger partial charge in [0.1, 0.15) is 11.5 Å². The fraction of sp³-hybridized carbons (Fsp3) is 0.625. The molecule has 20 heavy (non-hydrogen) atoms. The molecule has 1 atom stereocenters. The summed E-state index contributed by atoms with van der Waals surface area (Å²) in [5, 5.41) is 3.82. The molecule has 2 heterocycles. The summed E-state index contributed by atoms with van der Waals surface area (Å²) in [7, 11) is 3.91. The van der Waals surface area contributed by atoms with Gasteiger partial charge in [-0.15, -0.1) is 0 Å². The Balaban J connectivity index is 1.72. The first-order valence-electron chi connectivity index (χ1n) is 7.51. The summed E-state index contributed by atoms with van der Waals surface area (Å²) < 4.78 is 11.1. The van der Waals surface area contributed by atoms with Crippen LogP contribution in [-0.4, -0.2) is 44.8 Å². The zero-order valence-corrected chi connectivity index (χ0v) is 12.4. The molecule has 0 radical (unpaired) electrons. The van der Waals surface area contributed by atoms with E-state index in [9.17, 15) is 0 Å². The Kier molecular flexibility index (Phi) is 4.13. The first-order valence-corrected chi connectivity index (χ1v) is 7.51. The van der Waals surface area contributed by atoms with E-state index in [1.54, 1.807) is 7.11 Å². The van der Waals surface area contributed by atoms with Crippen molar-refractivity contribution in [2.45, 2.75) is 31.3 Å². The standard InChI is InChI=1S/C16H24N2O2/c1-18-8-5-12(6-9-18)17-15-7-10-20-16-4-3-13(19-2)11-14(15)16/h3-4,11-12,15,17H,5-10H2,1-2H3. The molecule has 1 saturated heterocycles. The third-order valence-electron chi connectivity index (χ3n) is 4.41. The van der Waals surface area contributed by atoms with Crippen molar-refractivity contribution in [3.63, 3.8) is 0 Å². The van der Waals surface area contributed by atoms with Crippen molar-refractivity contribution in [3.8, 4) is 11.5 Å². The second-order valence-electron chi connectivity index (χ2n) is 5.84. The lowest BCUT2D eigenvalue weighted by Gasteiger charge is -2.35. The van der Waals surface area contributed by atoms with E-state index in [1.165, 1.54) is 31.5 Å². The molecule has 110 valence electrons. The SMILES string of the molecule is COc1ccc2c(c1)C(NC1CCN(C)CC1)CCO2. The van der Waals surface area contributed by atoms with E-state index in [4.69, 9.17) is 9.47 Å². The monoisotopic (exact) mass is 276 g/mol. The fourth-order valence-electron chi connectivity index (χ4n) is 3.13. The minimum absolute atomic E-state index is 0.391. The number of hydrogen-bond acceptors (Lipinski definition) is 4. The Bertz CT molecular complexity index is 456. The number of hydrogen-bond donors (Lipinski definition) is 1. The predicted octanol–water partition coefficient (Wildman–Crippen LogP) is 2.20. The molecule has 0 aromatic heterocycles. The normalized spacial score (nSPS) is 24.0. The van der Waals surface area contributed by atoms with Crippen molar-refractivity contribution in [1.82, 2.24) is 10.2 Å². The van der Waals surface area contributed by atoms with Crippen LogP contribution in [0.5, 0.6) is 11.5 Å². The lowest BCUT2D eigenvalue weighted by Crippen LogP contribution is -2.43. The summed E-state index contributed by atoms with van der Waals surface area (Å²) in [6.45, 7) is 3.17. The van der Waals surface area contributed by atoms with Crippen LogP contribution in [0, 0.1) is 0 Å². The van der Waals surface area contributed by atoms with Crippen molar-refractivity contribution < 1.29 is 9.47 Å². The molecule has 4 heteroatoms. The molecule has 0 aliphatic carbocycles. The van der Waals surface area contributed by atoms with Crippen LogP contribution < -0.4 is 14.8 Å². The van der Waals surface area contributed by atoms with Gasteiger partial charge in [-0.1, -0.05) is 0 Å². The summed E-state index contributed by atoms with van der Waals surface area (Å²) >= 11 is 0. The van der Waals surface area contributed by atoms with Crippen molar-refractivity contribution in [3.05, 3.63) is 23.8 Å². The molecular weight excluding hydrogens is 252 g/mol. The second kappa shape index (κ2) is 6.02. The molecule has 1 fully saturated rings. The number of nitrogens with one attached hydrogen (secondary N) is 1. The predicted molar refractivity (Wildman–Crippen MR) is 79.5 cm³/mol. The van der Waals surface area contributed by atoms with Crippen LogP contribution in [0.1, 0.15) is 30.9 Å². The molecule has 2 aliphatic heterocycles. The average Bonchev–Trinajstić information content (AvgIpc) is 2.49. The molecule has 3 rings (SSSR count). The Hall–Kier alpha value is -1.26. The third-order valence-corrected chi connectivity index (χ3v) is 4.41. The zero-order valence-electron chi connectivity index (χ0n) is 12.4. The maximum atomic E-state index is 5.76. The van der Waals surface area contributed by atoms with Crippen molar-refractivity contribution in [2.75, 3.05) is 33.9 Å². The summed E-state index contributed by atoms with van der Waals surface area (Å²) in [6.07, 6.45) is 3.49. The first-order chi connectivity index (χ1) is 9.76. The van der Waals surface area contributed by atoms with Crippen LogP contribution in [0.25, 0.3) is 0 Å². The topological polar surface area (TPSA) is 33.7 Å². The van der Waals surface area contributed by atoms with Crippen molar-refractivity contribution in [2.24, 2.45) is 0 Å². The number of benzene rings is 1. The lowest BCUT2D eigenvalue weighted by atomic mass is 9.97. The molecule has 4 nitrogen and oxygen atoms in total. The van der Waals surface area contributed by atoms with Gasteiger partial charge >= 0.3 is 0 Å². The Morgan fingerprint density at radius 1 is 1.25 bits per heavy atom. The first kappa shape index (κ1) is 13.7. The van der Waals surface area contributed by atoms with Gasteiger partial charge in [-0.25, -0.2) is 0 Å². The molecule has 0 spiro atoms. The highest BCUT2D eigenvalue weighted by molar-refractivity contribution is 5.43.